The monoisotopic (exact) mass is 358 g/mol. The van der Waals surface area contributed by atoms with Crippen molar-refractivity contribution in [1.29, 1.82) is 0 Å². The van der Waals surface area contributed by atoms with Crippen molar-refractivity contribution >= 4 is 11.7 Å². The molecule has 0 saturated carbocycles. The second kappa shape index (κ2) is 8.01. The molecule has 27 heavy (non-hydrogen) atoms. The average molecular weight is 358 g/mol. The van der Waals surface area contributed by atoms with Crippen LogP contribution in [-0.4, -0.2) is 0 Å². The summed E-state index contributed by atoms with van der Waals surface area (Å²) in [5, 5.41) is 0. The smallest absolute Gasteiger partial charge is 0.166 e. The van der Waals surface area contributed by atoms with Crippen LogP contribution in [0.15, 0.2) is 66.7 Å². The Bertz CT molecular complexity index is 1040. The number of aryl methyl sites for hydroxylation is 3. The van der Waals surface area contributed by atoms with Gasteiger partial charge in [0.2, 0.25) is 0 Å². The summed E-state index contributed by atoms with van der Waals surface area (Å²) in [4.78, 5) is 0. The quantitative estimate of drug-likeness (QED) is 0.350. The molecule has 2 heteroatoms. The van der Waals surface area contributed by atoms with Gasteiger partial charge in [-0.1, -0.05) is 65.4 Å². The Kier molecular flexibility index (Phi) is 5.52. The summed E-state index contributed by atoms with van der Waals surface area (Å²) >= 11 is 0. The van der Waals surface area contributed by atoms with E-state index in [4.69, 9.17) is 0 Å². The van der Waals surface area contributed by atoms with Crippen LogP contribution in [-0.2, 0) is 0 Å². The number of rotatable bonds is 2. The SMILES string of the molecule is Cc1ccc(C#Cc2ccc(/C(F)=C(\F)c3ccc(C)cc3)cc2C)cc1. The normalized spacial score (nSPS) is 11.4. The third kappa shape index (κ3) is 4.51. The van der Waals surface area contributed by atoms with E-state index in [-0.39, 0.29) is 11.1 Å². The topological polar surface area (TPSA) is 0 Å². The number of halogens is 2. The van der Waals surface area contributed by atoms with Crippen molar-refractivity contribution < 1.29 is 8.78 Å². The maximum Gasteiger partial charge on any atom is 0.166 e. The van der Waals surface area contributed by atoms with Crippen LogP contribution >= 0.6 is 0 Å². The van der Waals surface area contributed by atoms with Crippen molar-refractivity contribution in [2.45, 2.75) is 20.8 Å². The van der Waals surface area contributed by atoms with Gasteiger partial charge in [0.15, 0.2) is 11.7 Å². The Hall–Kier alpha value is -3.18. The van der Waals surface area contributed by atoms with Gasteiger partial charge in [0.1, 0.15) is 0 Å². The minimum atomic E-state index is -0.861. The van der Waals surface area contributed by atoms with Crippen molar-refractivity contribution in [3.05, 3.63) is 106 Å². The Morgan fingerprint density at radius 1 is 0.630 bits per heavy atom. The van der Waals surface area contributed by atoms with Crippen molar-refractivity contribution in [3.63, 3.8) is 0 Å². The van der Waals surface area contributed by atoms with Gasteiger partial charge >= 0.3 is 0 Å². The maximum absolute atomic E-state index is 14.6. The fraction of sp³-hybridized carbons (Fsp3) is 0.120. The lowest BCUT2D eigenvalue weighted by Gasteiger charge is -2.05. The highest BCUT2D eigenvalue weighted by atomic mass is 19.2. The average Bonchev–Trinajstić information content (AvgIpc) is 2.67. The summed E-state index contributed by atoms with van der Waals surface area (Å²) in [6.07, 6.45) is 0. The maximum atomic E-state index is 14.6. The van der Waals surface area contributed by atoms with Crippen LogP contribution < -0.4 is 0 Å². The van der Waals surface area contributed by atoms with Gasteiger partial charge < -0.3 is 0 Å². The Labute approximate surface area is 159 Å². The van der Waals surface area contributed by atoms with E-state index in [0.29, 0.717) is 0 Å². The molecule has 0 unspecified atom stereocenters. The van der Waals surface area contributed by atoms with E-state index in [1.165, 1.54) is 5.56 Å². The van der Waals surface area contributed by atoms with Crippen LogP contribution in [0.2, 0.25) is 0 Å². The van der Waals surface area contributed by atoms with Crippen molar-refractivity contribution in [1.82, 2.24) is 0 Å². The molecule has 0 N–H and O–H groups in total. The molecule has 134 valence electrons. The van der Waals surface area contributed by atoms with Crippen LogP contribution in [0.1, 0.15) is 38.9 Å². The van der Waals surface area contributed by atoms with Crippen molar-refractivity contribution in [2.75, 3.05) is 0 Å². The molecule has 0 bridgehead atoms. The molecule has 3 aromatic carbocycles. The van der Waals surface area contributed by atoms with Gasteiger partial charge in [-0.3, -0.25) is 0 Å². The van der Waals surface area contributed by atoms with E-state index >= 15 is 0 Å². The first-order valence-electron chi connectivity index (χ1n) is 8.76. The van der Waals surface area contributed by atoms with Gasteiger partial charge in [-0.25, -0.2) is 8.78 Å². The molecule has 0 saturated heterocycles. The molecule has 3 aromatic rings. The lowest BCUT2D eigenvalue weighted by molar-refractivity contribution is 0.700. The van der Waals surface area contributed by atoms with Gasteiger partial charge in [-0.05, 0) is 50.6 Å². The fourth-order valence-corrected chi connectivity index (χ4v) is 2.67. The summed E-state index contributed by atoms with van der Waals surface area (Å²) in [5.74, 6) is 4.49. The predicted molar refractivity (Wildman–Crippen MR) is 109 cm³/mol. The van der Waals surface area contributed by atoms with E-state index < -0.39 is 11.7 Å². The first-order valence-corrected chi connectivity index (χ1v) is 8.76. The highest BCUT2D eigenvalue weighted by Crippen LogP contribution is 2.29. The molecule has 0 atom stereocenters. The molecule has 0 fully saturated rings. The third-order valence-corrected chi connectivity index (χ3v) is 4.37. The second-order valence-corrected chi connectivity index (χ2v) is 6.64. The molecule has 0 nitrogen and oxygen atoms in total. The highest BCUT2D eigenvalue weighted by Gasteiger charge is 2.12. The van der Waals surface area contributed by atoms with Crippen LogP contribution in [0.25, 0.3) is 11.7 Å². The zero-order valence-electron chi connectivity index (χ0n) is 15.6. The number of hydrogen-bond donors (Lipinski definition) is 0. The lowest BCUT2D eigenvalue weighted by atomic mass is 10.0. The molecule has 0 aliphatic carbocycles. The zero-order chi connectivity index (χ0) is 19.4. The molecule has 0 radical (unpaired) electrons. The highest BCUT2D eigenvalue weighted by molar-refractivity contribution is 5.83. The predicted octanol–water partition coefficient (Wildman–Crippen LogP) is 6.78. The molecule has 3 rings (SSSR count). The van der Waals surface area contributed by atoms with Gasteiger partial charge in [0, 0.05) is 22.3 Å². The van der Waals surface area contributed by atoms with E-state index in [1.807, 2.05) is 45.0 Å². The molecule has 0 aliphatic rings. The molecular weight excluding hydrogens is 338 g/mol. The first-order chi connectivity index (χ1) is 12.9. The third-order valence-electron chi connectivity index (χ3n) is 4.37. The Balaban J connectivity index is 1.89. The minimum absolute atomic E-state index is 0.214. The van der Waals surface area contributed by atoms with Gasteiger partial charge in [-0.2, -0.15) is 0 Å². The molecule has 0 amide bonds. The van der Waals surface area contributed by atoms with E-state index in [1.54, 1.807) is 42.5 Å². The van der Waals surface area contributed by atoms with E-state index in [0.717, 1.165) is 22.3 Å². The van der Waals surface area contributed by atoms with Crippen molar-refractivity contribution in [3.8, 4) is 11.8 Å². The van der Waals surface area contributed by atoms with Gasteiger partial charge in [0.25, 0.3) is 0 Å². The summed E-state index contributed by atoms with van der Waals surface area (Å²) < 4.78 is 29.0. The van der Waals surface area contributed by atoms with Crippen LogP contribution in [0.5, 0.6) is 0 Å². The summed E-state index contributed by atoms with van der Waals surface area (Å²) in [6, 6.07) is 19.6. The zero-order valence-corrected chi connectivity index (χ0v) is 15.6. The molecule has 0 spiro atoms. The first kappa shape index (κ1) is 18.6. The molecule has 0 aliphatic heterocycles. The summed E-state index contributed by atoms with van der Waals surface area (Å²) in [6.45, 7) is 5.78. The molecular formula is C25H20F2. The van der Waals surface area contributed by atoms with Gasteiger partial charge in [-0.15, -0.1) is 0 Å². The summed E-state index contributed by atoms with van der Waals surface area (Å²) in [5.41, 5.74) is 5.14. The number of benzene rings is 3. The van der Waals surface area contributed by atoms with Crippen molar-refractivity contribution in [2.24, 2.45) is 0 Å². The number of hydrogen-bond acceptors (Lipinski definition) is 0. The Morgan fingerprint density at radius 2 is 1.15 bits per heavy atom. The fourth-order valence-electron chi connectivity index (χ4n) is 2.67. The largest absolute Gasteiger partial charge is 0.203 e. The van der Waals surface area contributed by atoms with Gasteiger partial charge in [0.05, 0.1) is 0 Å². The lowest BCUT2D eigenvalue weighted by Crippen LogP contribution is -1.89. The standard InChI is InChI=1S/C25H20F2/c1-17-4-8-20(9-5-17)10-13-21-14-15-23(16-19(21)3)25(27)24(26)22-11-6-18(2)7-12-22/h4-9,11-12,14-16H,1-3H3/b25-24+. The molecule has 0 heterocycles. The minimum Gasteiger partial charge on any atom is -0.203 e. The van der Waals surface area contributed by atoms with E-state index in [9.17, 15) is 8.78 Å². The van der Waals surface area contributed by atoms with Crippen LogP contribution in [0.3, 0.4) is 0 Å². The van der Waals surface area contributed by atoms with E-state index in [2.05, 4.69) is 11.8 Å². The summed E-state index contributed by atoms with van der Waals surface area (Å²) in [7, 11) is 0. The van der Waals surface area contributed by atoms with Crippen LogP contribution in [0, 0.1) is 32.6 Å². The Morgan fingerprint density at radius 3 is 1.74 bits per heavy atom. The van der Waals surface area contributed by atoms with Crippen LogP contribution in [0.4, 0.5) is 8.78 Å². The molecule has 0 aromatic heterocycles. The second-order valence-electron chi connectivity index (χ2n) is 6.64.